The second-order valence-corrected chi connectivity index (χ2v) is 9.36. The second kappa shape index (κ2) is 10.8. The predicted octanol–water partition coefficient (Wildman–Crippen LogP) is 3.11. The molecular formula is C23H38O8. The van der Waals surface area contributed by atoms with Crippen LogP contribution in [0.4, 0.5) is 0 Å². The molecular weight excluding hydrogens is 404 g/mol. The van der Waals surface area contributed by atoms with Crippen LogP contribution in [0.2, 0.25) is 0 Å². The van der Waals surface area contributed by atoms with Crippen LogP contribution in [0.15, 0.2) is 0 Å². The fraction of sp³-hybridized carbons (Fsp3) is 0.870. The van der Waals surface area contributed by atoms with E-state index in [1.807, 2.05) is 6.92 Å². The number of carbonyl (C=O) groups is 3. The number of hydrogen-bond donors (Lipinski definition) is 0. The summed E-state index contributed by atoms with van der Waals surface area (Å²) in [7, 11) is 0. The average Bonchev–Trinajstić information content (AvgIpc) is 2.66. The zero-order valence-electron chi connectivity index (χ0n) is 20.0. The topological polar surface area (TPSA) is 97.4 Å². The summed E-state index contributed by atoms with van der Waals surface area (Å²) in [5.41, 5.74) is 0. The molecule has 0 aromatic rings. The van der Waals surface area contributed by atoms with E-state index in [1.165, 1.54) is 20.8 Å². The van der Waals surface area contributed by atoms with Crippen LogP contribution < -0.4 is 0 Å². The maximum atomic E-state index is 11.8. The summed E-state index contributed by atoms with van der Waals surface area (Å²) in [4.78, 5) is 34.9. The molecule has 2 aliphatic rings. The molecule has 1 aliphatic heterocycles. The molecule has 1 saturated carbocycles. The zero-order chi connectivity index (χ0) is 23.5. The third-order valence-corrected chi connectivity index (χ3v) is 6.84. The third-order valence-electron chi connectivity index (χ3n) is 6.84. The summed E-state index contributed by atoms with van der Waals surface area (Å²) in [6.45, 7) is 14.5. The molecule has 4 unspecified atom stereocenters. The molecule has 0 amide bonds. The number of rotatable bonds is 6. The van der Waals surface area contributed by atoms with Crippen LogP contribution in [0.25, 0.3) is 0 Å². The van der Waals surface area contributed by atoms with Crippen molar-refractivity contribution in [2.24, 2.45) is 29.6 Å². The van der Waals surface area contributed by atoms with Crippen molar-refractivity contribution in [3.8, 4) is 0 Å². The van der Waals surface area contributed by atoms with Crippen LogP contribution in [0.1, 0.15) is 61.8 Å². The highest BCUT2D eigenvalue weighted by atomic mass is 16.7. The maximum absolute atomic E-state index is 11.8. The Bertz CT molecular complexity index is 649. The molecule has 0 bridgehead atoms. The molecule has 10 atom stereocenters. The van der Waals surface area contributed by atoms with E-state index >= 15 is 0 Å². The molecule has 2 rings (SSSR count). The van der Waals surface area contributed by atoms with Gasteiger partial charge in [-0.25, -0.2) is 0 Å². The van der Waals surface area contributed by atoms with Gasteiger partial charge in [0.2, 0.25) is 0 Å². The van der Waals surface area contributed by atoms with E-state index in [1.54, 1.807) is 0 Å². The lowest BCUT2D eigenvalue weighted by atomic mass is 9.68. The monoisotopic (exact) mass is 442 g/mol. The molecule has 0 aromatic heterocycles. The molecule has 1 heterocycles. The normalized spacial score (nSPS) is 40.6. The highest BCUT2D eigenvalue weighted by molar-refractivity contribution is 5.67. The standard InChI is InChI=1S/C23H38O8/c1-11-9-12(2)20(14(4)13(11)3)31-23-15(5)21(28-17(7)25)22(29-18(8)26)19(30-23)10-27-16(6)24/h11-15,19-23H,9-10H2,1-8H3/t11-,12?,13?,14-,15?,19?,20+,21-,22+,23+/m1/s1. The van der Waals surface area contributed by atoms with Crippen molar-refractivity contribution in [1.82, 2.24) is 0 Å². The Balaban J connectivity index is 2.28. The number of esters is 3. The molecule has 0 N–H and O–H groups in total. The Kier molecular flexibility index (Phi) is 8.89. The van der Waals surface area contributed by atoms with Crippen LogP contribution >= 0.6 is 0 Å². The molecule has 0 spiro atoms. The SMILES string of the molecule is CC(=O)OCC1O[C@@H](O[C@H]2C(C)C[C@@H](C)C(C)[C@H]2C)C(C)[C@@H](OC(C)=O)[C@H]1OC(C)=O. The lowest BCUT2D eigenvalue weighted by Crippen LogP contribution is -2.59. The smallest absolute Gasteiger partial charge is 0.303 e. The minimum absolute atomic E-state index is 0.0312. The predicted molar refractivity (Wildman–Crippen MR) is 112 cm³/mol. The van der Waals surface area contributed by atoms with Crippen LogP contribution in [0, 0.1) is 29.6 Å². The largest absolute Gasteiger partial charge is 0.463 e. The summed E-state index contributed by atoms with van der Waals surface area (Å²) in [5.74, 6) is -0.158. The van der Waals surface area contributed by atoms with Gasteiger partial charge in [0.15, 0.2) is 12.4 Å². The molecule has 2 fully saturated rings. The summed E-state index contributed by atoms with van der Waals surface area (Å²) >= 11 is 0. The van der Waals surface area contributed by atoms with E-state index < -0.39 is 48.4 Å². The van der Waals surface area contributed by atoms with E-state index in [4.69, 9.17) is 23.7 Å². The minimum Gasteiger partial charge on any atom is -0.463 e. The fourth-order valence-corrected chi connectivity index (χ4v) is 4.91. The molecule has 31 heavy (non-hydrogen) atoms. The fourth-order valence-electron chi connectivity index (χ4n) is 4.91. The average molecular weight is 443 g/mol. The van der Waals surface area contributed by atoms with Crippen LogP contribution in [0.5, 0.6) is 0 Å². The van der Waals surface area contributed by atoms with Crippen LogP contribution in [0.3, 0.4) is 0 Å². The van der Waals surface area contributed by atoms with Gasteiger partial charge in [-0.2, -0.15) is 0 Å². The lowest BCUT2D eigenvalue weighted by molar-refractivity contribution is -0.310. The van der Waals surface area contributed by atoms with Gasteiger partial charge in [-0.15, -0.1) is 0 Å². The van der Waals surface area contributed by atoms with Gasteiger partial charge in [-0.3, -0.25) is 14.4 Å². The highest BCUT2D eigenvalue weighted by Gasteiger charge is 2.50. The molecule has 0 radical (unpaired) electrons. The van der Waals surface area contributed by atoms with Crippen molar-refractivity contribution in [1.29, 1.82) is 0 Å². The van der Waals surface area contributed by atoms with E-state index in [-0.39, 0.29) is 12.7 Å². The summed E-state index contributed by atoms with van der Waals surface area (Å²) in [6, 6.07) is 0. The van der Waals surface area contributed by atoms with Crippen molar-refractivity contribution in [3.05, 3.63) is 0 Å². The van der Waals surface area contributed by atoms with Gasteiger partial charge in [0.1, 0.15) is 18.8 Å². The zero-order valence-corrected chi connectivity index (χ0v) is 20.0. The van der Waals surface area contributed by atoms with Gasteiger partial charge < -0.3 is 23.7 Å². The van der Waals surface area contributed by atoms with Gasteiger partial charge in [-0.05, 0) is 30.1 Å². The van der Waals surface area contributed by atoms with E-state index in [0.717, 1.165) is 6.42 Å². The minimum atomic E-state index is -0.907. The summed E-state index contributed by atoms with van der Waals surface area (Å²) < 4.78 is 28.8. The first-order valence-corrected chi connectivity index (χ1v) is 11.2. The van der Waals surface area contributed by atoms with Gasteiger partial charge in [0.05, 0.1) is 6.10 Å². The van der Waals surface area contributed by atoms with Crippen LogP contribution in [-0.4, -0.2) is 55.2 Å². The molecule has 178 valence electrons. The Labute approximate surface area is 185 Å². The third kappa shape index (κ3) is 6.42. The van der Waals surface area contributed by atoms with Crippen LogP contribution in [-0.2, 0) is 38.1 Å². The number of ether oxygens (including phenoxy) is 5. The summed E-state index contributed by atoms with van der Waals surface area (Å²) in [6.07, 6.45) is -2.19. The van der Waals surface area contributed by atoms with Crippen molar-refractivity contribution < 1.29 is 38.1 Å². The molecule has 8 heteroatoms. The second-order valence-electron chi connectivity index (χ2n) is 9.36. The van der Waals surface area contributed by atoms with Gasteiger partial charge in [-0.1, -0.05) is 34.6 Å². The van der Waals surface area contributed by atoms with Gasteiger partial charge in [0.25, 0.3) is 0 Å². The Morgan fingerprint density at radius 2 is 1.32 bits per heavy atom. The van der Waals surface area contributed by atoms with Crippen molar-refractivity contribution in [2.75, 3.05) is 6.61 Å². The van der Waals surface area contributed by atoms with E-state index in [2.05, 4.69) is 27.7 Å². The molecule has 0 aromatic carbocycles. The molecule has 8 nitrogen and oxygen atoms in total. The van der Waals surface area contributed by atoms with Crippen molar-refractivity contribution in [2.45, 2.75) is 92.5 Å². The Morgan fingerprint density at radius 3 is 1.87 bits per heavy atom. The first kappa shape index (κ1) is 25.6. The highest BCUT2D eigenvalue weighted by Crippen LogP contribution is 2.42. The van der Waals surface area contributed by atoms with Gasteiger partial charge >= 0.3 is 17.9 Å². The van der Waals surface area contributed by atoms with Crippen molar-refractivity contribution >= 4 is 17.9 Å². The maximum Gasteiger partial charge on any atom is 0.303 e. The van der Waals surface area contributed by atoms with E-state index in [0.29, 0.717) is 23.7 Å². The van der Waals surface area contributed by atoms with Gasteiger partial charge in [0, 0.05) is 26.7 Å². The van der Waals surface area contributed by atoms with E-state index in [9.17, 15) is 14.4 Å². The molecule has 1 saturated heterocycles. The Morgan fingerprint density at radius 1 is 0.742 bits per heavy atom. The molecule has 1 aliphatic carbocycles. The summed E-state index contributed by atoms with van der Waals surface area (Å²) in [5, 5.41) is 0. The lowest BCUT2D eigenvalue weighted by Gasteiger charge is -2.48. The first-order chi connectivity index (χ1) is 14.4. The number of carbonyl (C=O) groups excluding carboxylic acids is 3. The first-order valence-electron chi connectivity index (χ1n) is 11.2. The number of hydrogen-bond acceptors (Lipinski definition) is 8. The Hall–Kier alpha value is -1.67. The van der Waals surface area contributed by atoms with Crippen molar-refractivity contribution in [3.63, 3.8) is 0 Å². The quantitative estimate of drug-likeness (QED) is 0.457.